The number of hydrogen-bond donors (Lipinski definition) is 0. The van der Waals surface area contributed by atoms with Gasteiger partial charge in [0.05, 0.1) is 0 Å². The summed E-state index contributed by atoms with van der Waals surface area (Å²) in [6, 6.07) is 0. The molecule has 0 aliphatic heterocycles. The fraction of sp³-hybridized carbons (Fsp3) is 0.617. The summed E-state index contributed by atoms with van der Waals surface area (Å²) in [7, 11) is 0. The maximum absolute atomic E-state index is 12.8. The zero-order valence-corrected chi connectivity index (χ0v) is 42.4. The van der Waals surface area contributed by atoms with E-state index in [9.17, 15) is 14.4 Å². The summed E-state index contributed by atoms with van der Waals surface area (Å²) in [5.41, 5.74) is 0. The quantitative estimate of drug-likeness (QED) is 0.0199. The molecule has 0 bridgehead atoms. The van der Waals surface area contributed by atoms with Crippen molar-refractivity contribution in [1.29, 1.82) is 0 Å². The Bertz CT molecular complexity index is 1420. The standard InChI is InChI=1S/C60H96O6/c1-4-7-10-13-16-19-22-25-28-30-33-35-38-41-44-47-50-53-59(62)65-56-57(55-64-58(61)52-49-46-43-40-37-34-31-27-24-21-18-15-12-9-6-3)66-60(63)54-51-48-45-42-39-36-32-29-26-23-20-17-14-11-8-5-2/h7,9-10,12,15-16,18-19,21,24-25,27-29,31-33,35,41,44,57H,4-6,8,11,13-14,17,20,22-23,26,30,34,36-40,42-43,45-56H2,1-3H3/b10-7-,12-9-,18-15-,19-16-,24-21-,28-25-,31-27-,32-29-,35-33-,44-41-. The van der Waals surface area contributed by atoms with Crippen molar-refractivity contribution >= 4 is 17.9 Å². The molecule has 6 heteroatoms. The summed E-state index contributed by atoms with van der Waals surface area (Å²) in [5.74, 6) is -1.01. The van der Waals surface area contributed by atoms with Crippen molar-refractivity contribution < 1.29 is 28.6 Å². The second kappa shape index (κ2) is 53.4. The van der Waals surface area contributed by atoms with Gasteiger partial charge in [-0.1, -0.05) is 219 Å². The molecular formula is C60H96O6. The van der Waals surface area contributed by atoms with Crippen LogP contribution in [0.4, 0.5) is 0 Å². The minimum Gasteiger partial charge on any atom is -0.462 e. The van der Waals surface area contributed by atoms with E-state index < -0.39 is 6.10 Å². The lowest BCUT2D eigenvalue weighted by Gasteiger charge is -2.18. The van der Waals surface area contributed by atoms with Crippen LogP contribution in [0.3, 0.4) is 0 Å². The fourth-order valence-corrected chi connectivity index (χ4v) is 6.83. The third kappa shape index (κ3) is 50.8. The van der Waals surface area contributed by atoms with E-state index in [-0.39, 0.29) is 37.5 Å². The molecule has 0 aromatic carbocycles. The molecule has 66 heavy (non-hydrogen) atoms. The Morgan fingerprint density at radius 1 is 0.333 bits per heavy atom. The van der Waals surface area contributed by atoms with Gasteiger partial charge in [-0.25, -0.2) is 0 Å². The van der Waals surface area contributed by atoms with Crippen LogP contribution < -0.4 is 0 Å². The van der Waals surface area contributed by atoms with Crippen LogP contribution in [-0.2, 0) is 28.6 Å². The number of allylic oxidation sites excluding steroid dienone is 20. The monoisotopic (exact) mass is 913 g/mol. The number of carbonyl (C=O) groups excluding carboxylic acids is 3. The molecule has 0 spiro atoms. The highest BCUT2D eigenvalue weighted by atomic mass is 16.6. The van der Waals surface area contributed by atoms with Crippen molar-refractivity contribution in [1.82, 2.24) is 0 Å². The lowest BCUT2D eigenvalue weighted by molar-refractivity contribution is -0.167. The van der Waals surface area contributed by atoms with Gasteiger partial charge >= 0.3 is 17.9 Å². The van der Waals surface area contributed by atoms with Crippen LogP contribution in [0.5, 0.6) is 0 Å². The average Bonchev–Trinajstić information content (AvgIpc) is 3.31. The van der Waals surface area contributed by atoms with Gasteiger partial charge in [-0.15, -0.1) is 0 Å². The molecule has 0 aliphatic carbocycles. The van der Waals surface area contributed by atoms with Crippen LogP contribution >= 0.6 is 0 Å². The highest BCUT2D eigenvalue weighted by Gasteiger charge is 2.19. The SMILES string of the molecule is CC\C=C/C=C\C=C/C=C\CCCCCCCC(=O)OCC(COC(=O)CCC/C=C\C/C=C\C/C=C\C/C=C\C/C=C\CC)OC(=O)CCCCCCC/C=C\CCCCCCCCC. The molecule has 0 aromatic heterocycles. The molecule has 0 N–H and O–H groups in total. The Kier molecular flexibility index (Phi) is 50.0. The molecule has 0 aliphatic rings. The summed E-state index contributed by atoms with van der Waals surface area (Å²) >= 11 is 0. The topological polar surface area (TPSA) is 78.9 Å². The van der Waals surface area contributed by atoms with Gasteiger partial charge in [0.1, 0.15) is 13.2 Å². The summed E-state index contributed by atoms with van der Waals surface area (Å²) in [6.45, 7) is 6.29. The van der Waals surface area contributed by atoms with E-state index in [4.69, 9.17) is 14.2 Å². The summed E-state index contributed by atoms with van der Waals surface area (Å²) in [5, 5.41) is 0. The van der Waals surface area contributed by atoms with Crippen LogP contribution in [0.2, 0.25) is 0 Å². The van der Waals surface area contributed by atoms with Crippen molar-refractivity contribution in [2.75, 3.05) is 13.2 Å². The Balaban J connectivity index is 4.55. The van der Waals surface area contributed by atoms with Gasteiger partial charge in [0.15, 0.2) is 6.10 Å². The Morgan fingerprint density at radius 2 is 0.682 bits per heavy atom. The first-order chi connectivity index (χ1) is 32.5. The van der Waals surface area contributed by atoms with Gasteiger partial charge in [0, 0.05) is 19.3 Å². The largest absolute Gasteiger partial charge is 0.462 e. The van der Waals surface area contributed by atoms with Crippen molar-refractivity contribution in [2.45, 2.75) is 226 Å². The lowest BCUT2D eigenvalue weighted by Crippen LogP contribution is -2.30. The van der Waals surface area contributed by atoms with Crippen LogP contribution in [0, 0.1) is 0 Å². The Labute approximate surface area is 405 Å². The van der Waals surface area contributed by atoms with E-state index in [2.05, 4.69) is 118 Å². The second-order valence-electron chi connectivity index (χ2n) is 17.1. The van der Waals surface area contributed by atoms with Crippen molar-refractivity contribution in [3.05, 3.63) is 122 Å². The van der Waals surface area contributed by atoms with Gasteiger partial charge in [-0.2, -0.15) is 0 Å². The zero-order chi connectivity index (χ0) is 47.9. The average molecular weight is 913 g/mol. The molecule has 0 aromatic rings. The number of ether oxygens (including phenoxy) is 3. The van der Waals surface area contributed by atoms with Crippen LogP contribution in [0.15, 0.2) is 122 Å². The van der Waals surface area contributed by atoms with Gasteiger partial charge in [-0.3, -0.25) is 14.4 Å². The van der Waals surface area contributed by atoms with E-state index in [1.165, 1.54) is 57.8 Å². The molecule has 0 fully saturated rings. The summed E-state index contributed by atoms with van der Waals surface area (Å²) < 4.78 is 16.7. The Hall–Kier alpha value is -4.19. The van der Waals surface area contributed by atoms with E-state index in [1.807, 2.05) is 24.3 Å². The van der Waals surface area contributed by atoms with Gasteiger partial charge in [0.25, 0.3) is 0 Å². The van der Waals surface area contributed by atoms with Crippen molar-refractivity contribution in [3.63, 3.8) is 0 Å². The predicted octanol–water partition coefficient (Wildman–Crippen LogP) is 17.7. The van der Waals surface area contributed by atoms with Gasteiger partial charge < -0.3 is 14.2 Å². The molecule has 1 unspecified atom stereocenters. The minimum atomic E-state index is -0.818. The highest BCUT2D eigenvalue weighted by molar-refractivity contribution is 5.71. The number of unbranched alkanes of at least 4 members (excludes halogenated alkanes) is 18. The van der Waals surface area contributed by atoms with E-state index in [0.29, 0.717) is 19.3 Å². The predicted molar refractivity (Wildman–Crippen MR) is 283 cm³/mol. The molecule has 1 atom stereocenters. The molecule has 6 nitrogen and oxygen atoms in total. The normalized spacial score (nSPS) is 13.1. The Morgan fingerprint density at radius 3 is 1.18 bits per heavy atom. The zero-order valence-electron chi connectivity index (χ0n) is 42.4. The highest BCUT2D eigenvalue weighted by Crippen LogP contribution is 2.13. The molecule has 0 amide bonds. The number of rotatable bonds is 46. The van der Waals surface area contributed by atoms with Crippen molar-refractivity contribution in [2.24, 2.45) is 0 Å². The first kappa shape index (κ1) is 61.8. The maximum atomic E-state index is 12.8. The van der Waals surface area contributed by atoms with Gasteiger partial charge in [-0.05, 0) is 103 Å². The van der Waals surface area contributed by atoms with Crippen molar-refractivity contribution in [3.8, 4) is 0 Å². The molecular weight excluding hydrogens is 817 g/mol. The maximum Gasteiger partial charge on any atom is 0.306 e. The molecule has 0 radical (unpaired) electrons. The summed E-state index contributed by atoms with van der Waals surface area (Å²) in [4.78, 5) is 38.0. The molecule has 0 saturated heterocycles. The van der Waals surface area contributed by atoms with Crippen LogP contribution in [-0.4, -0.2) is 37.2 Å². The number of hydrogen-bond acceptors (Lipinski definition) is 6. The minimum absolute atomic E-state index is 0.115. The van der Waals surface area contributed by atoms with Crippen LogP contribution in [0.25, 0.3) is 0 Å². The first-order valence-electron chi connectivity index (χ1n) is 26.6. The molecule has 0 saturated carbocycles. The van der Waals surface area contributed by atoms with Gasteiger partial charge in [0.2, 0.25) is 0 Å². The summed E-state index contributed by atoms with van der Waals surface area (Å²) in [6.07, 6.45) is 73.3. The molecule has 0 heterocycles. The third-order valence-electron chi connectivity index (χ3n) is 10.8. The lowest BCUT2D eigenvalue weighted by atomic mass is 10.1. The fourth-order valence-electron chi connectivity index (χ4n) is 6.83. The third-order valence-corrected chi connectivity index (χ3v) is 10.8. The molecule has 372 valence electrons. The first-order valence-corrected chi connectivity index (χ1v) is 26.6. The van der Waals surface area contributed by atoms with E-state index in [1.54, 1.807) is 0 Å². The number of carbonyl (C=O) groups is 3. The van der Waals surface area contributed by atoms with E-state index in [0.717, 1.165) is 116 Å². The second-order valence-corrected chi connectivity index (χ2v) is 17.1. The number of esters is 3. The van der Waals surface area contributed by atoms with Crippen LogP contribution in [0.1, 0.15) is 220 Å². The van der Waals surface area contributed by atoms with E-state index >= 15 is 0 Å². The molecule has 0 rings (SSSR count). The smallest absolute Gasteiger partial charge is 0.306 e.